The van der Waals surface area contributed by atoms with Crippen LogP contribution in [0.3, 0.4) is 0 Å². The van der Waals surface area contributed by atoms with Gasteiger partial charge in [0.15, 0.2) is 6.73 Å². The Bertz CT molecular complexity index is 54.7. The molecule has 0 spiro atoms. The van der Waals surface area contributed by atoms with E-state index in [0.29, 0.717) is 6.73 Å². The number of nitrogens with one attached hydrogen (secondary N) is 1. The fourth-order valence-corrected chi connectivity index (χ4v) is 0.142. The van der Waals surface area contributed by atoms with Gasteiger partial charge in [-0.1, -0.05) is 6.58 Å². The van der Waals surface area contributed by atoms with Crippen LogP contribution in [-0.2, 0) is 4.74 Å². The summed E-state index contributed by atoms with van der Waals surface area (Å²) in [6.45, 7) is 6.81. The summed E-state index contributed by atoms with van der Waals surface area (Å²) in [5.41, 5.74) is 2.47. The number of ether oxygens (including phenoxy) is 1. The van der Waals surface area contributed by atoms with Gasteiger partial charge in [0.2, 0.25) is 0 Å². The number of rotatable bonds is 4. The van der Waals surface area contributed by atoms with Gasteiger partial charge in [0.25, 0.3) is 0 Å². The zero-order chi connectivity index (χ0) is 5.54. The van der Waals surface area contributed by atoms with E-state index in [4.69, 9.17) is 0 Å². The maximum atomic E-state index is 4.59. The second-order valence-electron chi connectivity index (χ2n) is 0.794. The molecule has 3 heteroatoms. The quantitative estimate of drug-likeness (QED) is 0.181. The van der Waals surface area contributed by atoms with Gasteiger partial charge in [0.1, 0.15) is 0 Å². The Morgan fingerprint density at radius 3 is 3.00 bits per heavy atom. The molecule has 40 valence electrons. The van der Waals surface area contributed by atoms with Gasteiger partial charge in [-0.2, -0.15) is 5.10 Å². The fraction of sp³-hybridized carbons (Fsp3) is 0.250. The number of hydrazone groups is 1. The minimum Gasteiger partial charge on any atom is -0.480 e. The van der Waals surface area contributed by atoms with Crippen molar-refractivity contribution in [1.29, 1.82) is 0 Å². The van der Waals surface area contributed by atoms with Crippen molar-refractivity contribution in [3.8, 4) is 0 Å². The van der Waals surface area contributed by atoms with E-state index < -0.39 is 0 Å². The van der Waals surface area contributed by atoms with Gasteiger partial charge < -0.3 is 4.74 Å². The van der Waals surface area contributed by atoms with E-state index >= 15 is 0 Å². The molecule has 0 amide bonds. The molecule has 0 saturated heterocycles. The lowest BCUT2D eigenvalue weighted by Crippen LogP contribution is -2.06. The second-order valence-corrected chi connectivity index (χ2v) is 0.794. The lowest BCUT2D eigenvalue weighted by Gasteiger charge is -1.94. The first-order valence-electron chi connectivity index (χ1n) is 1.83. The van der Waals surface area contributed by atoms with Gasteiger partial charge >= 0.3 is 0 Å². The van der Waals surface area contributed by atoms with Crippen molar-refractivity contribution in [2.24, 2.45) is 5.10 Å². The molecule has 0 heterocycles. The summed E-state index contributed by atoms with van der Waals surface area (Å²) in [5.74, 6) is 0. The van der Waals surface area contributed by atoms with Gasteiger partial charge in [-0.05, 0) is 0 Å². The second kappa shape index (κ2) is 5.01. The summed E-state index contributed by atoms with van der Waals surface area (Å²) in [6.07, 6.45) is 1.33. The lowest BCUT2D eigenvalue weighted by molar-refractivity contribution is 0.226. The smallest absolute Gasteiger partial charge is 0.172 e. The number of nitrogens with zero attached hydrogens (tertiary/aromatic N) is 1. The molecule has 3 nitrogen and oxygen atoms in total. The highest BCUT2D eigenvalue weighted by molar-refractivity contribution is 5.22. The fourth-order valence-electron chi connectivity index (χ4n) is 0.142. The van der Waals surface area contributed by atoms with E-state index in [1.165, 1.54) is 6.26 Å². The van der Waals surface area contributed by atoms with Crippen LogP contribution in [0.15, 0.2) is 17.9 Å². The van der Waals surface area contributed by atoms with Crippen LogP contribution in [0.2, 0.25) is 0 Å². The third-order valence-corrected chi connectivity index (χ3v) is 0.378. The Hall–Kier alpha value is -0.990. The highest BCUT2D eigenvalue weighted by Gasteiger charge is 1.67. The van der Waals surface area contributed by atoms with Crippen molar-refractivity contribution in [1.82, 2.24) is 5.43 Å². The van der Waals surface area contributed by atoms with E-state index in [2.05, 4.69) is 28.6 Å². The summed E-state index contributed by atoms with van der Waals surface area (Å²) in [5, 5.41) is 3.30. The molecule has 0 atom stereocenters. The molecule has 7 heavy (non-hydrogen) atoms. The van der Waals surface area contributed by atoms with E-state index in [-0.39, 0.29) is 0 Å². The molecular weight excluding hydrogens is 92.1 g/mol. The minimum atomic E-state index is 0.340. The zero-order valence-electron chi connectivity index (χ0n) is 4.05. The van der Waals surface area contributed by atoms with Gasteiger partial charge in [-0.25, -0.2) is 0 Å². The molecular formula is C4H8N2O. The Labute approximate surface area is 42.7 Å². The summed E-state index contributed by atoms with van der Waals surface area (Å²) in [7, 11) is 0. The van der Waals surface area contributed by atoms with E-state index in [1.807, 2.05) is 0 Å². The Balaban J connectivity index is 2.68. The Kier molecular flexibility index (Phi) is 4.30. The summed E-state index contributed by atoms with van der Waals surface area (Å²) < 4.78 is 4.59. The average molecular weight is 100 g/mol. The molecule has 0 bridgehead atoms. The first-order valence-corrected chi connectivity index (χ1v) is 1.83. The van der Waals surface area contributed by atoms with E-state index in [0.717, 1.165) is 0 Å². The monoisotopic (exact) mass is 100 g/mol. The van der Waals surface area contributed by atoms with Gasteiger partial charge in [0.05, 0.1) is 6.26 Å². The molecule has 0 radical (unpaired) electrons. The van der Waals surface area contributed by atoms with Crippen LogP contribution in [-0.4, -0.2) is 13.4 Å². The molecule has 0 fully saturated rings. The SMILES string of the molecule is C=COCNN=C. The highest BCUT2D eigenvalue weighted by atomic mass is 16.5. The molecule has 0 saturated carbocycles. The Morgan fingerprint density at radius 1 is 1.86 bits per heavy atom. The van der Waals surface area contributed by atoms with Crippen LogP contribution in [0.5, 0.6) is 0 Å². The maximum Gasteiger partial charge on any atom is 0.172 e. The molecule has 0 aliphatic carbocycles. The molecule has 1 N–H and O–H groups in total. The van der Waals surface area contributed by atoms with Crippen molar-refractivity contribution < 1.29 is 4.74 Å². The van der Waals surface area contributed by atoms with Crippen LogP contribution < -0.4 is 5.43 Å². The lowest BCUT2D eigenvalue weighted by atomic mass is 11.1. The minimum absolute atomic E-state index is 0.340. The average Bonchev–Trinajstić information content (AvgIpc) is 1.69. The van der Waals surface area contributed by atoms with Crippen LogP contribution in [0.25, 0.3) is 0 Å². The molecule has 0 rings (SSSR count). The number of hydrogen-bond donors (Lipinski definition) is 1. The summed E-state index contributed by atoms with van der Waals surface area (Å²) in [6, 6.07) is 0. The molecule has 0 aliphatic rings. The summed E-state index contributed by atoms with van der Waals surface area (Å²) >= 11 is 0. The van der Waals surface area contributed by atoms with Crippen LogP contribution in [0, 0.1) is 0 Å². The zero-order valence-corrected chi connectivity index (χ0v) is 4.05. The van der Waals surface area contributed by atoms with Crippen molar-refractivity contribution in [3.63, 3.8) is 0 Å². The highest BCUT2D eigenvalue weighted by Crippen LogP contribution is 1.65. The topological polar surface area (TPSA) is 33.6 Å². The van der Waals surface area contributed by atoms with E-state index in [1.54, 1.807) is 0 Å². The first kappa shape index (κ1) is 6.01. The van der Waals surface area contributed by atoms with Crippen molar-refractivity contribution in [2.75, 3.05) is 6.73 Å². The van der Waals surface area contributed by atoms with Gasteiger partial charge in [-0.3, -0.25) is 5.43 Å². The van der Waals surface area contributed by atoms with Crippen molar-refractivity contribution >= 4 is 6.72 Å². The van der Waals surface area contributed by atoms with Gasteiger partial charge in [0, 0.05) is 6.72 Å². The van der Waals surface area contributed by atoms with Gasteiger partial charge in [-0.15, -0.1) is 0 Å². The molecule has 0 aromatic carbocycles. The van der Waals surface area contributed by atoms with Crippen LogP contribution in [0.1, 0.15) is 0 Å². The number of hydrogen-bond acceptors (Lipinski definition) is 3. The third-order valence-electron chi connectivity index (χ3n) is 0.378. The standard InChI is InChI=1S/C4H8N2O/c1-3-7-4-6-5-2/h3,6H,1-2,4H2. The molecule has 0 aromatic rings. The Morgan fingerprint density at radius 2 is 2.57 bits per heavy atom. The first-order chi connectivity index (χ1) is 3.41. The van der Waals surface area contributed by atoms with E-state index in [9.17, 15) is 0 Å². The normalized spacial score (nSPS) is 6.86. The third kappa shape index (κ3) is 5.01. The molecule has 0 aromatic heterocycles. The van der Waals surface area contributed by atoms with Crippen LogP contribution in [0.4, 0.5) is 0 Å². The largest absolute Gasteiger partial charge is 0.480 e. The van der Waals surface area contributed by atoms with Crippen molar-refractivity contribution in [3.05, 3.63) is 12.8 Å². The van der Waals surface area contributed by atoms with Crippen LogP contribution >= 0.6 is 0 Å². The predicted octanol–water partition coefficient (Wildman–Crippen LogP) is 0.309. The predicted molar refractivity (Wildman–Crippen MR) is 28.8 cm³/mol. The molecule has 0 aliphatic heterocycles. The maximum absolute atomic E-state index is 4.59. The van der Waals surface area contributed by atoms with Crippen molar-refractivity contribution in [2.45, 2.75) is 0 Å². The molecule has 0 unspecified atom stereocenters. The summed E-state index contributed by atoms with van der Waals surface area (Å²) in [4.78, 5) is 0.